The number of fused-ring (bicyclic) bond motifs is 1. The van der Waals surface area contributed by atoms with Crippen LogP contribution < -0.4 is 9.47 Å². The Morgan fingerprint density at radius 1 is 0.833 bits per heavy atom. The van der Waals surface area contributed by atoms with Crippen molar-refractivity contribution in [3.8, 4) is 22.9 Å². The second kappa shape index (κ2) is 10.9. The number of pyridine rings is 1. The molecular formula is C31H29N3O2. The van der Waals surface area contributed by atoms with Gasteiger partial charge >= 0.3 is 0 Å². The summed E-state index contributed by atoms with van der Waals surface area (Å²) in [7, 11) is 0. The van der Waals surface area contributed by atoms with Crippen molar-refractivity contribution in [2.45, 2.75) is 33.0 Å². The molecule has 0 bridgehead atoms. The monoisotopic (exact) mass is 475 g/mol. The van der Waals surface area contributed by atoms with Gasteiger partial charge in [-0.2, -0.15) is 0 Å². The Hall–Kier alpha value is -4.38. The summed E-state index contributed by atoms with van der Waals surface area (Å²) >= 11 is 0. The van der Waals surface area contributed by atoms with Crippen LogP contribution in [-0.2, 0) is 13.2 Å². The van der Waals surface area contributed by atoms with Crippen molar-refractivity contribution in [2.75, 3.05) is 0 Å². The predicted molar refractivity (Wildman–Crippen MR) is 145 cm³/mol. The van der Waals surface area contributed by atoms with Crippen molar-refractivity contribution in [3.05, 3.63) is 114 Å². The van der Waals surface area contributed by atoms with Crippen molar-refractivity contribution in [1.82, 2.24) is 15.0 Å². The van der Waals surface area contributed by atoms with E-state index >= 15 is 0 Å². The lowest BCUT2D eigenvalue weighted by atomic mass is 10.1. The zero-order chi connectivity index (χ0) is 24.7. The van der Waals surface area contributed by atoms with Gasteiger partial charge < -0.3 is 14.5 Å². The molecule has 0 saturated heterocycles. The molecule has 5 nitrogen and oxygen atoms in total. The van der Waals surface area contributed by atoms with Crippen molar-refractivity contribution in [1.29, 1.82) is 0 Å². The number of H-pyrrole nitrogens is 1. The summed E-state index contributed by atoms with van der Waals surface area (Å²) in [6.07, 6.45) is 3.84. The third-order valence-corrected chi connectivity index (χ3v) is 5.95. The number of benzene rings is 3. The zero-order valence-corrected chi connectivity index (χ0v) is 20.4. The topological polar surface area (TPSA) is 60.0 Å². The van der Waals surface area contributed by atoms with Gasteiger partial charge in [0.25, 0.3) is 0 Å². The van der Waals surface area contributed by atoms with Crippen LogP contribution in [0, 0.1) is 0 Å². The molecule has 5 heteroatoms. The zero-order valence-electron chi connectivity index (χ0n) is 20.4. The van der Waals surface area contributed by atoms with E-state index in [1.54, 1.807) is 0 Å². The molecule has 2 aromatic heterocycles. The fraction of sp³-hybridized carbons (Fsp3) is 0.161. The minimum Gasteiger partial charge on any atom is -0.489 e. The number of ether oxygens (including phenoxy) is 2. The van der Waals surface area contributed by atoms with E-state index in [-0.39, 0.29) is 0 Å². The molecule has 0 amide bonds. The SMILES string of the molecule is C=C(CCC)c1cnc2nc(-c3cc(OCc4ccccc4)cc(OCc4ccccc4)c3)[nH]c2c1. The first kappa shape index (κ1) is 23.4. The molecule has 5 rings (SSSR count). The van der Waals surface area contributed by atoms with Gasteiger partial charge in [-0.1, -0.05) is 80.6 Å². The Morgan fingerprint density at radius 3 is 2.03 bits per heavy atom. The van der Waals surface area contributed by atoms with E-state index in [1.165, 1.54) is 0 Å². The molecule has 0 aliphatic rings. The highest BCUT2D eigenvalue weighted by Gasteiger charge is 2.12. The number of allylic oxidation sites excluding steroid dienone is 1. The van der Waals surface area contributed by atoms with Crippen molar-refractivity contribution < 1.29 is 9.47 Å². The molecule has 0 saturated carbocycles. The molecule has 0 fully saturated rings. The van der Waals surface area contributed by atoms with E-state index in [4.69, 9.17) is 14.5 Å². The van der Waals surface area contributed by atoms with Gasteiger partial charge in [0.2, 0.25) is 0 Å². The van der Waals surface area contributed by atoms with Crippen LogP contribution in [0.25, 0.3) is 28.1 Å². The first-order valence-electron chi connectivity index (χ1n) is 12.2. The number of rotatable bonds is 10. The summed E-state index contributed by atoms with van der Waals surface area (Å²) in [6, 6.07) is 28.2. The molecule has 0 radical (unpaired) electrons. The highest BCUT2D eigenvalue weighted by molar-refractivity contribution is 5.80. The van der Waals surface area contributed by atoms with Crippen LogP contribution in [0.5, 0.6) is 11.5 Å². The number of hydrogen-bond donors (Lipinski definition) is 1. The van der Waals surface area contributed by atoms with E-state index in [0.717, 1.165) is 46.2 Å². The third-order valence-electron chi connectivity index (χ3n) is 5.95. The Morgan fingerprint density at radius 2 is 1.44 bits per heavy atom. The van der Waals surface area contributed by atoms with E-state index < -0.39 is 0 Å². The van der Waals surface area contributed by atoms with E-state index in [9.17, 15) is 0 Å². The van der Waals surface area contributed by atoms with Gasteiger partial charge in [-0.25, -0.2) is 9.97 Å². The normalized spacial score (nSPS) is 10.9. The summed E-state index contributed by atoms with van der Waals surface area (Å²) in [6.45, 7) is 7.27. The van der Waals surface area contributed by atoms with E-state index in [0.29, 0.717) is 36.2 Å². The summed E-state index contributed by atoms with van der Waals surface area (Å²) in [4.78, 5) is 12.7. The Kier molecular flexibility index (Phi) is 7.08. The number of nitrogens with one attached hydrogen (secondary N) is 1. The predicted octanol–water partition coefficient (Wildman–Crippen LogP) is 7.60. The van der Waals surface area contributed by atoms with Gasteiger partial charge in [-0.15, -0.1) is 0 Å². The summed E-state index contributed by atoms with van der Waals surface area (Å²) < 4.78 is 12.3. The first-order valence-corrected chi connectivity index (χ1v) is 12.2. The summed E-state index contributed by atoms with van der Waals surface area (Å²) in [5, 5.41) is 0. The minimum atomic E-state index is 0.465. The van der Waals surface area contributed by atoms with Gasteiger partial charge in [-0.3, -0.25) is 0 Å². The molecule has 2 heterocycles. The molecular weight excluding hydrogens is 446 g/mol. The van der Waals surface area contributed by atoms with Crippen molar-refractivity contribution in [3.63, 3.8) is 0 Å². The molecule has 3 aromatic carbocycles. The standard InChI is InChI=1S/C31H29N3O2/c1-3-10-22(2)26-17-29-31(32-19-26)34-30(33-29)25-15-27(35-20-23-11-6-4-7-12-23)18-28(16-25)36-21-24-13-8-5-9-14-24/h4-9,11-19H,2-3,10,20-21H2,1H3,(H,32,33,34). The second-order valence-corrected chi connectivity index (χ2v) is 8.78. The lowest BCUT2D eigenvalue weighted by Crippen LogP contribution is -1.99. The molecule has 0 aliphatic carbocycles. The molecule has 0 aliphatic heterocycles. The van der Waals surface area contributed by atoms with Crippen molar-refractivity contribution >= 4 is 16.7 Å². The fourth-order valence-electron chi connectivity index (χ4n) is 4.03. The average molecular weight is 476 g/mol. The molecule has 5 aromatic rings. The number of imidazole rings is 1. The average Bonchev–Trinajstić information content (AvgIpc) is 3.36. The van der Waals surface area contributed by atoms with Crippen molar-refractivity contribution in [2.24, 2.45) is 0 Å². The molecule has 0 atom stereocenters. The maximum atomic E-state index is 6.15. The molecule has 1 N–H and O–H groups in total. The Bertz CT molecular complexity index is 1400. The van der Waals surface area contributed by atoms with E-state index in [2.05, 4.69) is 29.5 Å². The molecule has 36 heavy (non-hydrogen) atoms. The third kappa shape index (κ3) is 5.63. The lowest BCUT2D eigenvalue weighted by molar-refractivity contribution is 0.290. The summed E-state index contributed by atoms with van der Waals surface area (Å²) in [5.74, 6) is 2.14. The lowest BCUT2D eigenvalue weighted by Gasteiger charge is -2.12. The summed E-state index contributed by atoms with van der Waals surface area (Å²) in [5.41, 5.74) is 6.73. The van der Waals surface area contributed by atoms with E-state index in [1.807, 2.05) is 85.1 Å². The quantitative estimate of drug-likeness (QED) is 0.226. The number of aromatic amines is 1. The van der Waals surface area contributed by atoms with Gasteiger partial charge in [-0.05, 0) is 46.9 Å². The smallest absolute Gasteiger partial charge is 0.178 e. The van der Waals surface area contributed by atoms with Gasteiger partial charge in [0, 0.05) is 17.8 Å². The largest absolute Gasteiger partial charge is 0.489 e. The van der Waals surface area contributed by atoms with Crippen LogP contribution in [0.3, 0.4) is 0 Å². The maximum Gasteiger partial charge on any atom is 0.178 e. The first-order chi connectivity index (χ1) is 17.7. The molecule has 0 spiro atoms. The fourth-order valence-corrected chi connectivity index (χ4v) is 4.03. The number of nitrogens with zero attached hydrogens (tertiary/aromatic N) is 2. The highest BCUT2D eigenvalue weighted by Crippen LogP contribution is 2.31. The number of hydrogen-bond acceptors (Lipinski definition) is 4. The van der Waals surface area contributed by atoms with Crippen LogP contribution >= 0.6 is 0 Å². The molecule has 0 unspecified atom stereocenters. The van der Waals surface area contributed by atoms with Crippen LogP contribution in [0.1, 0.15) is 36.5 Å². The van der Waals surface area contributed by atoms with Gasteiger partial charge in [0.15, 0.2) is 5.65 Å². The minimum absolute atomic E-state index is 0.465. The number of aromatic nitrogens is 3. The second-order valence-electron chi connectivity index (χ2n) is 8.78. The van der Waals surface area contributed by atoms with Crippen LogP contribution in [0.2, 0.25) is 0 Å². The van der Waals surface area contributed by atoms with Crippen LogP contribution in [0.4, 0.5) is 0 Å². The maximum absolute atomic E-state index is 6.15. The molecule has 180 valence electrons. The van der Waals surface area contributed by atoms with Crippen LogP contribution in [-0.4, -0.2) is 15.0 Å². The van der Waals surface area contributed by atoms with Gasteiger partial charge in [0.05, 0.1) is 5.52 Å². The Labute approximate surface area is 211 Å². The van der Waals surface area contributed by atoms with Crippen LogP contribution in [0.15, 0.2) is 97.7 Å². The highest BCUT2D eigenvalue weighted by atomic mass is 16.5. The van der Waals surface area contributed by atoms with Gasteiger partial charge in [0.1, 0.15) is 30.5 Å². The Balaban J connectivity index is 1.45.